The minimum atomic E-state index is -0.481. The van der Waals surface area contributed by atoms with Gasteiger partial charge in [0.1, 0.15) is 18.2 Å². The Bertz CT molecular complexity index is 1180. The number of carbonyl (C=O) groups excluding carboxylic acids is 1. The summed E-state index contributed by atoms with van der Waals surface area (Å²) in [7, 11) is 1.36. The Labute approximate surface area is 201 Å². The predicted octanol–water partition coefficient (Wildman–Crippen LogP) is 7.53. The molecule has 34 heavy (non-hydrogen) atoms. The van der Waals surface area contributed by atoms with Crippen LogP contribution in [0.25, 0.3) is 17.2 Å². The second-order valence-electron chi connectivity index (χ2n) is 8.76. The second kappa shape index (κ2) is 11.1. The van der Waals surface area contributed by atoms with E-state index >= 15 is 0 Å². The molecule has 0 aliphatic carbocycles. The van der Waals surface area contributed by atoms with Gasteiger partial charge in [0.15, 0.2) is 0 Å². The molecule has 178 valence electrons. The van der Waals surface area contributed by atoms with Crippen LogP contribution >= 0.6 is 0 Å². The summed E-state index contributed by atoms with van der Waals surface area (Å²) in [5.41, 5.74) is 4.93. The van der Waals surface area contributed by atoms with Crippen LogP contribution in [0.3, 0.4) is 0 Å². The van der Waals surface area contributed by atoms with Crippen LogP contribution in [0.4, 0.5) is 4.39 Å². The molecule has 5 heteroatoms. The standard InChI is InChI=1S/C29H32FNO3/c1-7-11-23-25(26(29(32)33-6)28(19(4)5)31-27(23)18(2)3)22-15-14-21(30)16-24(22)34-17-20-12-9-8-10-13-20/h7-16,18-19H,17H2,1-6H3. The maximum absolute atomic E-state index is 14.4. The number of allylic oxidation sites excluding steroid dienone is 1. The van der Waals surface area contributed by atoms with E-state index in [1.807, 2.05) is 63.3 Å². The monoisotopic (exact) mass is 461 g/mol. The number of hydrogen-bond acceptors (Lipinski definition) is 4. The van der Waals surface area contributed by atoms with Crippen molar-refractivity contribution in [3.05, 3.63) is 88.5 Å². The number of methoxy groups -OCH3 is 1. The highest BCUT2D eigenvalue weighted by Crippen LogP contribution is 2.42. The fourth-order valence-electron chi connectivity index (χ4n) is 3.98. The fraction of sp³-hybridized carbons (Fsp3) is 0.310. The number of carbonyl (C=O) groups is 1. The van der Waals surface area contributed by atoms with E-state index in [1.165, 1.54) is 19.2 Å². The van der Waals surface area contributed by atoms with Crippen molar-refractivity contribution in [1.82, 2.24) is 4.98 Å². The van der Waals surface area contributed by atoms with Crippen molar-refractivity contribution in [1.29, 1.82) is 0 Å². The van der Waals surface area contributed by atoms with Crippen LogP contribution in [-0.2, 0) is 11.3 Å². The Hall–Kier alpha value is -3.47. The Morgan fingerprint density at radius 2 is 1.71 bits per heavy atom. The third-order valence-electron chi connectivity index (χ3n) is 5.56. The SMILES string of the molecule is CC=Cc1c(C(C)C)nc(C(C)C)c(C(=O)OC)c1-c1ccc(F)cc1OCc1ccccc1. The van der Waals surface area contributed by atoms with Crippen LogP contribution in [0.2, 0.25) is 0 Å². The molecule has 0 aliphatic rings. The van der Waals surface area contributed by atoms with E-state index in [2.05, 4.69) is 13.8 Å². The molecule has 0 aliphatic heterocycles. The lowest BCUT2D eigenvalue weighted by Gasteiger charge is -2.23. The Balaban J connectivity index is 2.36. The molecule has 0 N–H and O–H groups in total. The van der Waals surface area contributed by atoms with Crippen molar-refractivity contribution in [3.8, 4) is 16.9 Å². The first-order valence-corrected chi connectivity index (χ1v) is 11.5. The van der Waals surface area contributed by atoms with Crippen LogP contribution < -0.4 is 4.74 Å². The van der Waals surface area contributed by atoms with Gasteiger partial charge < -0.3 is 9.47 Å². The summed E-state index contributed by atoms with van der Waals surface area (Å²) < 4.78 is 25.7. The molecule has 1 aromatic heterocycles. The van der Waals surface area contributed by atoms with Gasteiger partial charge in [-0.05, 0) is 36.5 Å². The Morgan fingerprint density at radius 3 is 2.29 bits per heavy atom. The van der Waals surface area contributed by atoms with Crippen LogP contribution in [-0.4, -0.2) is 18.1 Å². The van der Waals surface area contributed by atoms with Gasteiger partial charge in [0.25, 0.3) is 0 Å². The van der Waals surface area contributed by atoms with E-state index in [1.54, 1.807) is 6.07 Å². The second-order valence-corrected chi connectivity index (χ2v) is 8.76. The summed E-state index contributed by atoms with van der Waals surface area (Å²) in [6.45, 7) is 10.3. The fourth-order valence-corrected chi connectivity index (χ4v) is 3.98. The molecule has 0 saturated carbocycles. The Kier molecular flexibility index (Phi) is 8.21. The molecular weight excluding hydrogens is 429 g/mol. The predicted molar refractivity (Wildman–Crippen MR) is 135 cm³/mol. The number of halogens is 1. The summed E-state index contributed by atoms with van der Waals surface area (Å²) in [4.78, 5) is 18.0. The quantitative estimate of drug-likeness (QED) is 0.325. The number of nitrogens with zero attached hydrogens (tertiary/aromatic N) is 1. The zero-order valence-electron chi connectivity index (χ0n) is 20.7. The number of benzene rings is 2. The maximum Gasteiger partial charge on any atom is 0.340 e. The average Bonchev–Trinajstić information content (AvgIpc) is 2.82. The van der Waals surface area contributed by atoms with Crippen LogP contribution in [0, 0.1) is 5.82 Å². The highest BCUT2D eigenvalue weighted by atomic mass is 19.1. The summed E-state index contributed by atoms with van der Waals surface area (Å²) in [6, 6.07) is 14.1. The lowest BCUT2D eigenvalue weighted by atomic mass is 9.86. The van der Waals surface area contributed by atoms with Crippen molar-refractivity contribution >= 4 is 12.0 Å². The minimum Gasteiger partial charge on any atom is -0.488 e. The number of esters is 1. The first-order valence-electron chi connectivity index (χ1n) is 11.5. The minimum absolute atomic E-state index is 0.0286. The van der Waals surface area contributed by atoms with Gasteiger partial charge >= 0.3 is 5.97 Å². The van der Waals surface area contributed by atoms with Gasteiger partial charge in [0.05, 0.1) is 24.1 Å². The molecule has 3 aromatic rings. The third kappa shape index (κ3) is 5.36. The molecule has 0 unspecified atom stereocenters. The first-order chi connectivity index (χ1) is 16.3. The van der Waals surface area contributed by atoms with Gasteiger partial charge in [-0.2, -0.15) is 0 Å². The van der Waals surface area contributed by atoms with E-state index in [0.29, 0.717) is 28.1 Å². The van der Waals surface area contributed by atoms with E-state index in [0.717, 1.165) is 16.8 Å². The first kappa shape index (κ1) is 25.2. The van der Waals surface area contributed by atoms with Crippen LogP contribution in [0.5, 0.6) is 5.75 Å². The maximum atomic E-state index is 14.4. The van der Waals surface area contributed by atoms with Gasteiger partial charge in [-0.25, -0.2) is 9.18 Å². The molecular formula is C29H32FNO3. The van der Waals surface area contributed by atoms with Crippen molar-refractivity contribution in [3.63, 3.8) is 0 Å². The van der Waals surface area contributed by atoms with E-state index in [-0.39, 0.29) is 18.4 Å². The van der Waals surface area contributed by atoms with Gasteiger partial charge in [-0.3, -0.25) is 4.98 Å². The molecule has 0 radical (unpaired) electrons. The summed E-state index contributed by atoms with van der Waals surface area (Å²) in [5.74, 6) is -0.468. The van der Waals surface area contributed by atoms with Crippen LogP contribution in [0.15, 0.2) is 54.6 Å². The van der Waals surface area contributed by atoms with Crippen molar-refractivity contribution in [2.24, 2.45) is 0 Å². The molecule has 0 amide bonds. The van der Waals surface area contributed by atoms with Crippen molar-refractivity contribution in [2.45, 2.75) is 53.1 Å². The van der Waals surface area contributed by atoms with Crippen LogP contribution in [0.1, 0.15) is 79.3 Å². The normalized spacial score (nSPS) is 11.4. The summed E-state index contributed by atoms with van der Waals surface area (Å²) in [6.07, 6.45) is 3.86. The van der Waals surface area contributed by atoms with Gasteiger partial charge in [0.2, 0.25) is 0 Å². The highest BCUT2D eigenvalue weighted by molar-refractivity contribution is 6.02. The number of ether oxygens (including phenoxy) is 2. The Morgan fingerprint density at radius 1 is 1.03 bits per heavy atom. The molecule has 1 heterocycles. The zero-order chi connectivity index (χ0) is 24.8. The molecule has 0 saturated heterocycles. The molecule has 0 spiro atoms. The molecule has 0 atom stereocenters. The lowest BCUT2D eigenvalue weighted by molar-refractivity contribution is 0.0599. The van der Waals surface area contributed by atoms with E-state index < -0.39 is 11.8 Å². The summed E-state index contributed by atoms with van der Waals surface area (Å²) >= 11 is 0. The van der Waals surface area contributed by atoms with Gasteiger partial charge in [-0.15, -0.1) is 0 Å². The molecule has 2 aromatic carbocycles. The molecule has 0 fully saturated rings. The number of aromatic nitrogens is 1. The lowest BCUT2D eigenvalue weighted by Crippen LogP contribution is -2.16. The van der Waals surface area contributed by atoms with Gasteiger partial charge in [-0.1, -0.05) is 70.2 Å². The van der Waals surface area contributed by atoms with Gasteiger partial charge in [0, 0.05) is 22.8 Å². The smallest absolute Gasteiger partial charge is 0.340 e. The number of pyridine rings is 1. The highest BCUT2D eigenvalue weighted by Gasteiger charge is 2.29. The third-order valence-corrected chi connectivity index (χ3v) is 5.56. The molecule has 3 rings (SSSR count). The van der Waals surface area contributed by atoms with Crippen molar-refractivity contribution in [2.75, 3.05) is 7.11 Å². The average molecular weight is 462 g/mol. The van der Waals surface area contributed by atoms with Crippen molar-refractivity contribution < 1.29 is 18.7 Å². The van der Waals surface area contributed by atoms with E-state index in [9.17, 15) is 9.18 Å². The zero-order valence-corrected chi connectivity index (χ0v) is 20.7. The number of hydrogen-bond donors (Lipinski definition) is 0. The molecule has 0 bridgehead atoms. The number of rotatable bonds is 8. The molecule has 4 nitrogen and oxygen atoms in total. The van der Waals surface area contributed by atoms with E-state index in [4.69, 9.17) is 14.5 Å². The largest absolute Gasteiger partial charge is 0.488 e. The summed E-state index contributed by atoms with van der Waals surface area (Å²) in [5, 5.41) is 0. The topological polar surface area (TPSA) is 48.4 Å².